The van der Waals surface area contributed by atoms with Crippen LogP contribution in [-0.4, -0.2) is 17.4 Å². The lowest BCUT2D eigenvalue weighted by atomic mass is 10.2. The topological polar surface area (TPSA) is 84.3 Å². The van der Waals surface area contributed by atoms with Crippen molar-refractivity contribution in [1.82, 2.24) is 0 Å². The Hall–Kier alpha value is -2.60. The first-order valence-corrected chi connectivity index (χ1v) is 7.46. The zero-order valence-corrected chi connectivity index (χ0v) is 13.0. The molecule has 0 aliphatic rings. The number of hydrogen-bond acceptors (Lipinski definition) is 4. The second-order valence-corrected chi connectivity index (χ2v) is 5.33. The van der Waals surface area contributed by atoms with Crippen LogP contribution in [0.3, 0.4) is 0 Å². The van der Waals surface area contributed by atoms with Gasteiger partial charge >= 0.3 is 0 Å². The summed E-state index contributed by atoms with van der Waals surface area (Å²) in [5.74, 6) is -0.0715. The van der Waals surface area contributed by atoms with Gasteiger partial charge in [-0.25, -0.2) is 0 Å². The summed E-state index contributed by atoms with van der Waals surface area (Å²) >= 11 is 5.78. The van der Waals surface area contributed by atoms with Crippen LogP contribution in [0, 0.1) is 10.1 Å². The molecule has 0 atom stereocenters. The lowest BCUT2D eigenvalue weighted by molar-refractivity contribution is -0.384. The molecule has 0 aliphatic heterocycles. The van der Waals surface area contributed by atoms with Gasteiger partial charge < -0.3 is 10.6 Å². The highest BCUT2D eigenvalue weighted by molar-refractivity contribution is 6.30. The van der Waals surface area contributed by atoms with Gasteiger partial charge in [0.05, 0.1) is 4.92 Å². The Bertz CT molecular complexity index is 672. The van der Waals surface area contributed by atoms with Gasteiger partial charge in [-0.05, 0) is 42.8 Å². The van der Waals surface area contributed by atoms with Gasteiger partial charge in [-0.2, -0.15) is 0 Å². The molecule has 1 amide bonds. The normalized spacial score (nSPS) is 10.1. The molecule has 0 aromatic heterocycles. The Kier molecular flexibility index (Phi) is 5.94. The average molecular weight is 334 g/mol. The first kappa shape index (κ1) is 16.8. The molecule has 0 heterocycles. The maximum atomic E-state index is 11.8. The Labute approximate surface area is 138 Å². The zero-order valence-electron chi connectivity index (χ0n) is 12.3. The molecule has 0 fully saturated rings. The first-order valence-electron chi connectivity index (χ1n) is 7.08. The molecule has 0 unspecified atom stereocenters. The molecule has 23 heavy (non-hydrogen) atoms. The second kappa shape index (κ2) is 8.14. The zero-order chi connectivity index (χ0) is 16.7. The van der Waals surface area contributed by atoms with Gasteiger partial charge in [0.1, 0.15) is 0 Å². The van der Waals surface area contributed by atoms with Crippen molar-refractivity contribution in [3.8, 4) is 0 Å². The third-order valence-electron chi connectivity index (χ3n) is 3.12. The number of rotatable bonds is 7. The van der Waals surface area contributed by atoms with E-state index in [-0.39, 0.29) is 11.6 Å². The van der Waals surface area contributed by atoms with Crippen LogP contribution >= 0.6 is 11.6 Å². The Morgan fingerprint density at radius 1 is 1.04 bits per heavy atom. The van der Waals surface area contributed by atoms with Gasteiger partial charge in [0.25, 0.3) is 5.69 Å². The van der Waals surface area contributed by atoms with Gasteiger partial charge in [-0.15, -0.1) is 0 Å². The number of nitrogens with one attached hydrogen (secondary N) is 2. The van der Waals surface area contributed by atoms with E-state index in [9.17, 15) is 14.9 Å². The lowest BCUT2D eigenvalue weighted by Gasteiger charge is -2.07. The number of amides is 1. The van der Waals surface area contributed by atoms with E-state index in [0.29, 0.717) is 30.1 Å². The van der Waals surface area contributed by atoms with Crippen LogP contribution in [0.4, 0.5) is 17.1 Å². The minimum atomic E-state index is -0.440. The van der Waals surface area contributed by atoms with Crippen molar-refractivity contribution in [2.75, 3.05) is 17.2 Å². The van der Waals surface area contributed by atoms with E-state index < -0.39 is 4.92 Å². The highest BCUT2D eigenvalue weighted by Gasteiger charge is 2.04. The highest BCUT2D eigenvalue weighted by Crippen LogP contribution is 2.16. The summed E-state index contributed by atoms with van der Waals surface area (Å²) in [6.07, 6.45) is 1.03. The monoisotopic (exact) mass is 333 g/mol. The summed E-state index contributed by atoms with van der Waals surface area (Å²) in [6.45, 7) is 0.603. The number of benzene rings is 2. The van der Waals surface area contributed by atoms with Crippen LogP contribution in [0.25, 0.3) is 0 Å². The van der Waals surface area contributed by atoms with E-state index >= 15 is 0 Å². The largest absolute Gasteiger partial charge is 0.385 e. The maximum Gasteiger partial charge on any atom is 0.269 e. The van der Waals surface area contributed by atoms with Gasteiger partial charge in [0, 0.05) is 41.5 Å². The number of non-ortho nitro benzene ring substituents is 1. The number of nitro groups is 1. The van der Waals surface area contributed by atoms with Crippen molar-refractivity contribution >= 4 is 34.6 Å². The van der Waals surface area contributed by atoms with Crippen LogP contribution in [0.5, 0.6) is 0 Å². The smallest absolute Gasteiger partial charge is 0.269 e. The van der Waals surface area contributed by atoms with Crippen molar-refractivity contribution in [3.63, 3.8) is 0 Å². The summed E-state index contributed by atoms with van der Waals surface area (Å²) in [4.78, 5) is 21.9. The van der Waals surface area contributed by atoms with Crippen molar-refractivity contribution in [2.45, 2.75) is 12.8 Å². The molecule has 0 bridgehead atoms. The molecule has 2 rings (SSSR count). The molecule has 2 aromatic carbocycles. The molecule has 0 aliphatic carbocycles. The molecule has 120 valence electrons. The highest BCUT2D eigenvalue weighted by atomic mass is 35.5. The van der Waals surface area contributed by atoms with Gasteiger partial charge in [-0.3, -0.25) is 14.9 Å². The third-order valence-corrected chi connectivity index (χ3v) is 3.37. The fourth-order valence-electron chi connectivity index (χ4n) is 1.94. The number of nitro benzene ring substituents is 1. The number of halogens is 1. The van der Waals surface area contributed by atoms with Crippen LogP contribution in [-0.2, 0) is 4.79 Å². The molecular weight excluding hydrogens is 318 g/mol. The molecule has 7 heteroatoms. The number of carbonyl (C=O) groups is 1. The molecule has 6 nitrogen and oxygen atoms in total. The Balaban J connectivity index is 1.69. The van der Waals surface area contributed by atoms with Crippen molar-refractivity contribution in [2.24, 2.45) is 0 Å². The van der Waals surface area contributed by atoms with E-state index in [2.05, 4.69) is 10.6 Å². The molecule has 0 saturated heterocycles. The van der Waals surface area contributed by atoms with Gasteiger partial charge in [0.15, 0.2) is 0 Å². The molecule has 2 N–H and O–H groups in total. The van der Waals surface area contributed by atoms with Crippen molar-refractivity contribution in [1.29, 1.82) is 0 Å². The summed E-state index contributed by atoms with van der Waals surface area (Å²) in [5.41, 5.74) is 1.55. The summed E-state index contributed by atoms with van der Waals surface area (Å²) < 4.78 is 0. The molecule has 0 spiro atoms. The van der Waals surface area contributed by atoms with Gasteiger partial charge in [-0.1, -0.05) is 11.6 Å². The van der Waals surface area contributed by atoms with Crippen LogP contribution in [0.2, 0.25) is 5.02 Å². The van der Waals surface area contributed by atoms with E-state index in [1.807, 2.05) is 0 Å². The fraction of sp³-hybridized carbons (Fsp3) is 0.188. The van der Waals surface area contributed by atoms with Crippen molar-refractivity contribution < 1.29 is 9.72 Å². The molecular formula is C16H16ClN3O3. The first-order chi connectivity index (χ1) is 11.0. The number of hydrogen-bond donors (Lipinski definition) is 2. The quantitative estimate of drug-likeness (QED) is 0.454. The predicted molar refractivity (Wildman–Crippen MR) is 90.9 cm³/mol. The standard InChI is InChI=1S/C16H16ClN3O3/c17-12-3-5-14(6-4-12)19-16(21)2-1-11-18-13-7-9-15(10-8-13)20(22)23/h3-10,18H,1-2,11H2,(H,19,21). The SMILES string of the molecule is O=C(CCCNc1ccc([N+](=O)[O-])cc1)Nc1ccc(Cl)cc1. The van der Waals surface area contributed by atoms with E-state index in [1.165, 1.54) is 12.1 Å². The van der Waals surface area contributed by atoms with E-state index in [4.69, 9.17) is 11.6 Å². The number of carbonyl (C=O) groups excluding carboxylic acids is 1. The van der Waals surface area contributed by atoms with Crippen LogP contribution in [0.15, 0.2) is 48.5 Å². The predicted octanol–water partition coefficient (Wildman–Crippen LogP) is 4.08. The molecule has 0 radical (unpaired) electrons. The fourth-order valence-corrected chi connectivity index (χ4v) is 2.07. The summed E-state index contributed by atoms with van der Waals surface area (Å²) in [7, 11) is 0. The third kappa shape index (κ3) is 5.60. The Morgan fingerprint density at radius 3 is 2.26 bits per heavy atom. The van der Waals surface area contributed by atoms with Crippen LogP contribution in [0.1, 0.15) is 12.8 Å². The van der Waals surface area contributed by atoms with Crippen molar-refractivity contribution in [3.05, 3.63) is 63.7 Å². The Morgan fingerprint density at radius 2 is 1.65 bits per heavy atom. The average Bonchev–Trinajstić information content (AvgIpc) is 2.54. The molecule has 2 aromatic rings. The van der Waals surface area contributed by atoms with E-state index in [1.54, 1.807) is 36.4 Å². The minimum Gasteiger partial charge on any atom is -0.385 e. The van der Waals surface area contributed by atoms with E-state index in [0.717, 1.165) is 5.69 Å². The van der Waals surface area contributed by atoms with Crippen LogP contribution < -0.4 is 10.6 Å². The number of nitrogens with zero attached hydrogens (tertiary/aromatic N) is 1. The summed E-state index contributed by atoms with van der Waals surface area (Å²) in [5, 5.41) is 17.1. The minimum absolute atomic E-state index is 0.0536. The lowest BCUT2D eigenvalue weighted by Crippen LogP contribution is -2.13. The number of anilines is 2. The molecule has 0 saturated carbocycles. The maximum absolute atomic E-state index is 11.8. The second-order valence-electron chi connectivity index (χ2n) is 4.89. The summed E-state index contributed by atoms with van der Waals surface area (Å²) in [6, 6.07) is 13.1. The van der Waals surface area contributed by atoms with Gasteiger partial charge in [0.2, 0.25) is 5.91 Å².